The van der Waals surface area contributed by atoms with Crippen LogP contribution in [0.1, 0.15) is 50.6 Å². The van der Waals surface area contributed by atoms with Crippen molar-refractivity contribution in [1.29, 1.82) is 0 Å². The topological polar surface area (TPSA) is 57.3 Å². The van der Waals surface area contributed by atoms with E-state index in [0.717, 1.165) is 36.9 Å². The molecule has 2 saturated heterocycles. The van der Waals surface area contributed by atoms with Crippen molar-refractivity contribution >= 4 is 47.2 Å². The van der Waals surface area contributed by atoms with Gasteiger partial charge in [0.2, 0.25) is 5.91 Å². The van der Waals surface area contributed by atoms with Crippen molar-refractivity contribution in [2.45, 2.75) is 51.5 Å². The molecular formula is C17H30Cl2N4OS. The minimum absolute atomic E-state index is 0. The number of anilines is 1. The van der Waals surface area contributed by atoms with Crippen molar-refractivity contribution in [2.24, 2.45) is 5.92 Å². The van der Waals surface area contributed by atoms with Crippen molar-refractivity contribution in [1.82, 2.24) is 15.2 Å². The van der Waals surface area contributed by atoms with Gasteiger partial charge < -0.3 is 10.6 Å². The Balaban J connectivity index is 0.00000156. The number of rotatable bonds is 6. The number of nitrogens with one attached hydrogen (secondary N) is 2. The average Bonchev–Trinajstić information content (AvgIpc) is 3.02. The maximum absolute atomic E-state index is 12.1. The summed E-state index contributed by atoms with van der Waals surface area (Å²) in [5, 5.41) is 9.18. The van der Waals surface area contributed by atoms with Crippen LogP contribution in [0.4, 0.5) is 5.13 Å². The molecule has 0 spiro atoms. The molecule has 8 heteroatoms. The molecule has 3 rings (SSSR count). The van der Waals surface area contributed by atoms with Crippen LogP contribution in [-0.4, -0.2) is 42.0 Å². The maximum Gasteiger partial charge on any atom is 0.226 e. The molecule has 2 N–H and O–H groups in total. The van der Waals surface area contributed by atoms with Gasteiger partial charge in [0, 0.05) is 18.3 Å². The highest BCUT2D eigenvalue weighted by atomic mass is 35.5. The molecule has 0 aromatic carbocycles. The molecule has 2 aliphatic rings. The van der Waals surface area contributed by atoms with E-state index in [1.165, 1.54) is 45.2 Å². The summed E-state index contributed by atoms with van der Waals surface area (Å²) in [6.45, 7) is 5.46. The number of piperidine rings is 2. The normalized spacial score (nSPS) is 18.9. The Hall–Kier alpha value is -0.400. The first-order chi connectivity index (χ1) is 11.3. The summed E-state index contributed by atoms with van der Waals surface area (Å²) >= 11 is 1.55. The van der Waals surface area contributed by atoms with Gasteiger partial charge in [0.05, 0.1) is 5.69 Å². The predicted molar refractivity (Wildman–Crippen MR) is 109 cm³/mol. The van der Waals surface area contributed by atoms with Crippen LogP contribution in [0, 0.1) is 5.92 Å². The van der Waals surface area contributed by atoms with Gasteiger partial charge in [-0.1, -0.05) is 6.42 Å². The largest absolute Gasteiger partial charge is 0.317 e. The van der Waals surface area contributed by atoms with Gasteiger partial charge in [0.1, 0.15) is 0 Å². The smallest absolute Gasteiger partial charge is 0.226 e. The first-order valence-corrected chi connectivity index (χ1v) is 9.85. The third kappa shape index (κ3) is 7.79. The highest BCUT2D eigenvalue weighted by Crippen LogP contribution is 2.21. The lowest BCUT2D eigenvalue weighted by Gasteiger charge is -2.25. The van der Waals surface area contributed by atoms with E-state index in [-0.39, 0.29) is 30.7 Å². The number of halogens is 2. The predicted octanol–water partition coefficient (Wildman–Crippen LogP) is 3.69. The van der Waals surface area contributed by atoms with Crippen LogP contribution >= 0.6 is 36.2 Å². The standard InChI is InChI=1S/C17H28N4OS.2ClH/c22-16(5-4-14-6-8-18-9-7-14)20-17-19-15(13-23-17)12-21-10-2-1-3-11-21;;/h13-14,18H,1-12H2,(H,19,20,22);2*1H. The molecule has 1 amide bonds. The zero-order valence-electron chi connectivity index (χ0n) is 14.7. The van der Waals surface area contributed by atoms with Crippen molar-refractivity contribution in [3.05, 3.63) is 11.1 Å². The number of hydrogen-bond acceptors (Lipinski definition) is 5. The van der Waals surface area contributed by atoms with E-state index in [4.69, 9.17) is 0 Å². The van der Waals surface area contributed by atoms with Crippen LogP contribution in [0.25, 0.3) is 0 Å². The van der Waals surface area contributed by atoms with Crippen LogP contribution in [0.2, 0.25) is 0 Å². The molecule has 144 valence electrons. The Labute approximate surface area is 167 Å². The molecule has 0 aliphatic carbocycles. The first-order valence-electron chi connectivity index (χ1n) is 8.97. The highest BCUT2D eigenvalue weighted by molar-refractivity contribution is 7.13. The van der Waals surface area contributed by atoms with Crippen LogP contribution in [0.3, 0.4) is 0 Å². The molecule has 1 aromatic heterocycles. The molecule has 2 fully saturated rings. The molecule has 0 unspecified atom stereocenters. The number of thiazole rings is 1. The molecule has 2 aliphatic heterocycles. The minimum Gasteiger partial charge on any atom is -0.317 e. The Morgan fingerprint density at radius 2 is 1.96 bits per heavy atom. The molecule has 5 nitrogen and oxygen atoms in total. The van der Waals surface area contributed by atoms with Crippen LogP contribution in [0.15, 0.2) is 5.38 Å². The summed E-state index contributed by atoms with van der Waals surface area (Å²) in [6, 6.07) is 0. The Morgan fingerprint density at radius 3 is 2.68 bits per heavy atom. The second-order valence-electron chi connectivity index (χ2n) is 6.76. The summed E-state index contributed by atoms with van der Waals surface area (Å²) in [4.78, 5) is 19.1. The number of amides is 1. The number of likely N-dealkylation sites (tertiary alicyclic amines) is 1. The summed E-state index contributed by atoms with van der Waals surface area (Å²) < 4.78 is 0. The molecule has 1 aromatic rings. The Bertz CT molecular complexity index is 503. The van der Waals surface area contributed by atoms with Gasteiger partial charge in [0.15, 0.2) is 5.13 Å². The number of nitrogens with zero attached hydrogens (tertiary/aromatic N) is 2. The molecule has 0 bridgehead atoms. The van der Waals surface area contributed by atoms with Crippen molar-refractivity contribution in [3.63, 3.8) is 0 Å². The van der Waals surface area contributed by atoms with Gasteiger partial charge >= 0.3 is 0 Å². The minimum atomic E-state index is 0. The second kappa shape index (κ2) is 12.1. The van der Waals surface area contributed by atoms with Crippen LogP contribution < -0.4 is 10.6 Å². The number of hydrogen-bond donors (Lipinski definition) is 2. The van der Waals surface area contributed by atoms with E-state index in [1.807, 2.05) is 0 Å². The van der Waals surface area contributed by atoms with Gasteiger partial charge in [0.25, 0.3) is 0 Å². The number of carbonyl (C=O) groups is 1. The van der Waals surface area contributed by atoms with Crippen LogP contribution in [0.5, 0.6) is 0 Å². The summed E-state index contributed by atoms with van der Waals surface area (Å²) in [6.07, 6.45) is 7.96. The SMILES string of the molecule is Cl.Cl.O=C(CCC1CCNCC1)Nc1nc(CN2CCCCC2)cs1. The highest BCUT2D eigenvalue weighted by Gasteiger charge is 2.16. The maximum atomic E-state index is 12.1. The van der Waals surface area contributed by atoms with E-state index in [0.29, 0.717) is 12.3 Å². The third-order valence-corrected chi connectivity index (χ3v) is 5.68. The molecule has 0 saturated carbocycles. The summed E-state index contributed by atoms with van der Waals surface area (Å²) in [5.74, 6) is 0.815. The van der Waals surface area contributed by atoms with Gasteiger partial charge in [-0.3, -0.25) is 9.69 Å². The van der Waals surface area contributed by atoms with Gasteiger partial charge in [-0.25, -0.2) is 4.98 Å². The zero-order valence-corrected chi connectivity index (χ0v) is 17.1. The lowest BCUT2D eigenvalue weighted by molar-refractivity contribution is -0.116. The van der Waals surface area contributed by atoms with Crippen molar-refractivity contribution in [3.8, 4) is 0 Å². The van der Waals surface area contributed by atoms with Gasteiger partial charge in [-0.2, -0.15) is 0 Å². The fraction of sp³-hybridized carbons (Fsp3) is 0.765. The molecule has 0 radical (unpaired) electrons. The summed E-state index contributed by atoms with van der Waals surface area (Å²) in [7, 11) is 0. The Kier molecular flexibility index (Phi) is 10.9. The number of aromatic nitrogens is 1. The van der Waals surface area contributed by atoms with Crippen LogP contribution in [-0.2, 0) is 11.3 Å². The average molecular weight is 409 g/mol. The number of carbonyl (C=O) groups excluding carboxylic acids is 1. The third-order valence-electron chi connectivity index (χ3n) is 4.87. The monoisotopic (exact) mass is 408 g/mol. The lowest BCUT2D eigenvalue weighted by atomic mass is 9.93. The fourth-order valence-electron chi connectivity index (χ4n) is 3.47. The van der Waals surface area contributed by atoms with E-state index in [2.05, 4.69) is 25.9 Å². The summed E-state index contributed by atoms with van der Waals surface area (Å²) in [5.41, 5.74) is 1.09. The van der Waals surface area contributed by atoms with Crippen molar-refractivity contribution in [2.75, 3.05) is 31.5 Å². The Morgan fingerprint density at radius 1 is 1.24 bits per heavy atom. The van der Waals surface area contributed by atoms with Gasteiger partial charge in [-0.05, 0) is 64.2 Å². The lowest BCUT2D eigenvalue weighted by Crippen LogP contribution is -2.29. The van der Waals surface area contributed by atoms with Gasteiger partial charge in [-0.15, -0.1) is 36.2 Å². The van der Waals surface area contributed by atoms with Crippen molar-refractivity contribution < 1.29 is 4.79 Å². The van der Waals surface area contributed by atoms with E-state index in [9.17, 15) is 4.79 Å². The zero-order chi connectivity index (χ0) is 15.9. The fourth-order valence-corrected chi connectivity index (χ4v) is 4.19. The molecule has 25 heavy (non-hydrogen) atoms. The quantitative estimate of drug-likeness (QED) is 0.753. The van der Waals surface area contributed by atoms with E-state index < -0.39 is 0 Å². The second-order valence-corrected chi connectivity index (χ2v) is 7.62. The molecule has 3 heterocycles. The molecule has 0 atom stereocenters. The first kappa shape index (κ1) is 22.6. The van der Waals surface area contributed by atoms with E-state index in [1.54, 1.807) is 11.3 Å². The molecular weight excluding hydrogens is 379 g/mol. The van der Waals surface area contributed by atoms with E-state index >= 15 is 0 Å².